The van der Waals surface area contributed by atoms with Gasteiger partial charge in [-0.3, -0.25) is 4.79 Å². The number of nitrogens with two attached hydrogens (primary N) is 1. The zero-order valence-corrected chi connectivity index (χ0v) is 22.0. The van der Waals surface area contributed by atoms with E-state index in [2.05, 4.69) is 0 Å². The van der Waals surface area contributed by atoms with E-state index in [1.807, 2.05) is 55.7 Å². The number of aromatic nitrogens is 2. The number of rotatable bonds is 9. The first-order chi connectivity index (χ1) is 17.6. The number of carbonyl (C=O) groups excluding carboxylic acids is 1. The van der Waals surface area contributed by atoms with Gasteiger partial charge in [-0.25, -0.2) is 13.8 Å². The lowest BCUT2D eigenvalue weighted by atomic mass is 9.84. The molecule has 0 aliphatic heterocycles. The summed E-state index contributed by atoms with van der Waals surface area (Å²) in [5.74, 6) is -1.08. The fourth-order valence-electron chi connectivity index (χ4n) is 4.12. The summed E-state index contributed by atoms with van der Waals surface area (Å²) in [5.41, 5.74) is 6.52. The fraction of sp³-hybridized carbons (Fsp3) is 0.429. The number of hydrogen-bond acceptors (Lipinski definition) is 5. The molecule has 3 rings (SSSR count). The van der Waals surface area contributed by atoms with Crippen LogP contribution in [0.5, 0.6) is 0 Å². The van der Waals surface area contributed by atoms with Gasteiger partial charge in [0.1, 0.15) is 24.1 Å². The molecule has 7 nitrogen and oxygen atoms in total. The average molecular weight is 517 g/mol. The summed E-state index contributed by atoms with van der Waals surface area (Å²) >= 11 is 0. The lowest BCUT2D eigenvalue weighted by Gasteiger charge is -2.39. The van der Waals surface area contributed by atoms with Gasteiger partial charge in [-0.15, -0.1) is 0 Å². The third kappa shape index (κ3) is 8.18. The first-order valence-electron chi connectivity index (χ1n) is 12.3. The minimum atomic E-state index is -0.651. The Morgan fingerprint density at radius 1 is 1.14 bits per heavy atom. The van der Waals surface area contributed by atoms with Crippen molar-refractivity contribution in [2.45, 2.75) is 46.7 Å². The van der Waals surface area contributed by atoms with Crippen molar-refractivity contribution in [2.75, 3.05) is 26.3 Å². The molecular weight excluding hydrogens is 478 g/mol. The first-order valence-corrected chi connectivity index (χ1v) is 12.3. The average Bonchev–Trinajstić information content (AvgIpc) is 3.25. The monoisotopic (exact) mass is 516 g/mol. The fourth-order valence-corrected chi connectivity index (χ4v) is 4.12. The van der Waals surface area contributed by atoms with Crippen molar-refractivity contribution in [3.63, 3.8) is 0 Å². The Kier molecular flexibility index (Phi) is 11.4. The lowest BCUT2D eigenvalue weighted by molar-refractivity contribution is -0.139. The number of imidazole rings is 1. The number of benzene rings is 2. The standard InChI is InChI=1S/C26H32F2N4O2.C2H6O/c1-26(2,3)24(32(13-7-12-29)23(34)17-33)25-30-22(20-14-19(27)10-11-21(20)28)16-31(25)15-18-8-5-4-6-9-18;1-2-3/h4-6,8-11,14,16,24,33H,7,12-13,15,17,29H2,1-3H3;3H,2H2,1H3. The zero-order chi connectivity index (χ0) is 27.6. The van der Waals surface area contributed by atoms with Crippen molar-refractivity contribution in [3.8, 4) is 11.3 Å². The second kappa shape index (κ2) is 14.0. The van der Waals surface area contributed by atoms with E-state index < -0.39 is 35.6 Å². The van der Waals surface area contributed by atoms with E-state index in [9.17, 15) is 18.7 Å². The van der Waals surface area contributed by atoms with Gasteiger partial charge in [-0.1, -0.05) is 51.1 Å². The van der Waals surface area contributed by atoms with Gasteiger partial charge < -0.3 is 25.4 Å². The summed E-state index contributed by atoms with van der Waals surface area (Å²) < 4.78 is 30.5. The van der Waals surface area contributed by atoms with Crippen LogP contribution in [0.25, 0.3) is 11.3 Å². The van der Waals surface area contributed by atoms with Crippen LogP contribution in [-0.2, 0) is 11.3 Å². The van der Waals surface area contributed by atoms with Crippen LogP contribution in [0.2, 0.25) is 0 Å². The molecule has 1 aromatic heterocycles. The van der Waals surface area contributed by atoms with Crippen molar-refractivity contribution in [1.29, 1.82) is 0 Å². The molecule has 3 aromatic rings. The highest BCUT2D eigenvalue weighted by atomic mass is 19.1. The van der Waals surface area contributed by atoms with Crippen LogP contribution in [0.4, 0.5) is 8.78 Å². The highest BCUT2D eigenvalue weighted by Gasteiger charge is 2.38. The Morgan fingerprint density at radius 3 is 2.35 bits per heavy atom. The second-order valence-electron chi connectivity index (χ2n) is 9.69. The molecule has 1 heterocycles. The van der Waals surface area contributed by atoms with E-state index in [1.54, 1.807) is 18.0 Å². The van der Waals surface area contributed by atoms with Crippen LogP contribution < -0.4 is 5.73 Å². The Bertz CT molecular complexity index is 1130. The molecule has 0 spiro atoms. The highest BCUT2D eigenvalue weighted by molar-refractivity contribution is 5.77. The summed E-state index contributed by atoms with van der Waals surface area (Å²) in [5, 5.41) is 17.2. The Hall–Kier alpha value is -3.14. The Labute approximate surface area is 217 Å². The Morgan fingerprint density at radius 2 is 1.78 bits per heavy atom. The van der Waals surface area contributed by atoms with Gasteiger partial charge in [0.15, 0.2) is 0 Å². The van der Waals surface area contributed by atoms with Gasteiger partial charge >= 0.3 is 0 Å². The smallest absolute Gasteiger partial charge is 0.248 e. The molecule has 0 saturated carbocycles. The van der Waals surface area contributed by atoms with E-state index in [4.69, 9.17) is 15.8 Å². The molecule has 1 amide bonds. The van der Waals surface area contributed by atoms with E-state index in [0.717, 1.165) is 23.8 Å². The molecule has 0 fully saturated rings. The number of aliphatic hydroxyl groups is 2. The van der Waals surface area contributed by atoms with Crippen molar-refractivity contribution in [3.05, 3.63) is 77.8 Å². The third-order valence-corrected chi connectivity index (χ3v) is 5.64. The summed E-state index contributed by atoms with van der Waals surface area (Å²) in [4.78, 5) is 19.1. The number of amides is 1. The maximum absolute atomic E-state index is 14.6. The van der Waals surface area contributed by atoms with Gasteiger partial charge in [-0.05, 0) is 49.1 Å². The number of nitrogens with zero attached hydrogens (tertiary/aromatic N) is 3. The highest BCUT2D eigenvalue weighted by Crippen LogP contribution is 2.39. The molecule has 37 heavy (non-hydrogen) atoms. The maximum atomic E-state index is 14.6. The molecule has 0 saturated heterocycles. The van der Waals surface area contributed by atoms with Gasteiger partial charge in [0.25, 0.3) is 0 Å². The second-order valence-corrected chi connectivity index (χ2v) is 9.69. The van der Waals surface area contributed by atoms with E-state index in [1.165, 1.54) is 0 Å². The number of halogens is 2. The van der Waals surface area contributed by atoms with Crippen LogP contribution in [0.15, 0.2) is 54.7 Å². The normalized spacial score (nSPS) is 12.0. The minimum Gasteiger partial charge on any atom is -0.397 e. The summed E-state index contributed by atoms with van der Waals surface area (Å²) in [6, 6.07) is 12.4. The maximum Gasteiger partial charge on any atom is 0.248 e. The lowest BCUT2D eigenvalue weighted by Crippen LogP contribution is -2.44. The zero-order valence-electron chi connectivity index (χ0n) is 22.0. The van der Waals surface area contributed by atoms with Crippen LogP contribution in [0, 0.1) is 17.0 Å². The number of carbonyl (C=O) groups is 1. The molecule has 2 aromatic carbocycles. The van der Waals surface area contributed by atoms with Gasteiger partial charge in [0.05, 0.1) is 11.7 Å². The minimum absolute atomic E-state index is 0.0442. The summed E-state index contributed by atoms with van der Waals surface area (Å²) in [7, 11) is 0. The molecule has 0 radical (unpaired) electrons. The van der Waals surface area contributed by atoms with Crippen LogP contribution >= 0.6 is 0 Å². The van der Waals surface area contributed by atoms with Crippen molar-refractivity contribution >= 4 is 5.91 Å². The molecule has 0 aliphatic rings. The van der Waals surface area contributed by atoms with Crippen LogP contribution in [0.1, 0.15) is 51.5 Å². The molecule has 9 heteroatoms. The predicted octanol–water partition coefficient (Wildman–Crippen LogP) is 4.13. The summed E-state index contributed by atoms with van der Waals surface area (Å²) in [6.45, 7) is 8.34. The van der Waals surface area contributed by atoms with Gasteiger partial charge in [0.2, 0.25) is 5.91 Å². The van der Waals surface area contributed by atoms with Crippen molar-refractivity contribution in [2.24, 2.45) is 11.1 Å². The molecule has 4 N–H and O–H groups in total. The van der Waals surface area contributed by atoms with Gasteiger partial charge in [-0.2, -0.15) is 0 Å². The molecule has 202 valence electrons. The summed E-state index contributed by atoms with van der Waals surface area (Å²) in [6.07, 6.45) is 2.23. The van der Waals surface area contributed by atoms with E-state index in [-0.39, 0.29) is 17.9 Å². The molecule has 0 bridgehead atoms. The van der Waals surface area contributed by atoms with Crippen molar-refractivity contribution < 1.29 is 23.8 Å². The molecule has 1 atom stereocenters. The van der Waals surface area contributed by atoms with Crippen LogP contribution in [0.3, 0.4) is 0 Å². The SMILES string of the molecule is CC(C)(C)C(c1nc(-c2cc(F)ccc2F)cn1Cc1ccccc1)N(CCCN)C(=O)CO.CCO. The molecule has 0 aliphatic carbocycles. The number of hydrogen-bond donors (Lipinski definition) is 3. The first kappa shape index (κ1) is 30.1. The van der Waals surface area contributed by atoms with E-state index in [0.29, 0.717) is 31.9 Å². The largest absolute Gasteiger partial charge is 0.397 e. The number of aliphatic hydroxyl groups excluding tert-OH is 2. The van der Waals surface area contributed by atoms with Crippen molar-refractivity contribution in [1.82, 2.24) is 14.5 Å². The Balaban J connectivity index is 0.00000153. The quantitative estimate of drug-likeness (QED) is 0.397. The van der Waals surface area contributed by atoms with Gasteiger partial charge in [0, 0.05) is 31.5 Å². The van der Waals surface area contributed by atoms with E-state index >= 15 is 0 Å². The molecular formula is C28H38F2N4O3. The third-order valence-electron chi connectivity index (χ3n) is 5.64. The topological polar surface area (TPSA) is 105 Å². The predicted molar refractivity (Wildman–Crippen MR) is 141 cm³/mol. The molecule has 1 unspecified atom stereocenters. The van der Waals surface area contributed by atoms with Crippen LogP contribution in [-0.4, -0.2) is 56.9 Å².